The van der Waals surface area contributed by atoms with Gasteiger partial charge in [-0.2, -0.15) is 0 Å². The van der Waals surface area contributed by atoms with Gasteiger partial charge in [0.05, 0.1) is 36.4 Å². The second-order valence-electron chi connectivity index (χ2n) is 10.0. The standard InChI is InChI=1S/C21H41N5O8/c1-7-13(25)15(27)17(29)21(30-7)34-20-14(26-2)16(28)18-12(32-20)6-10(24)19(33-18)31-11-4-3-8(22)5-9(11)23/h7-21,26-29H,3-6,22-25H2,1-2H3/t7?,8-,9?,10?,11-,12-,13+,14?,15+,16?,17?,18?,19-,20?,21+/m0/s1. The number of rotatable bonds is 5. The summed E-state index contributed by atoms with van der Waals surface area (Å²) < 4.78 is 29.8. The van der Waals surface area contributed by atoms with Crippen molar-refractivity contribution in [2.24, 2.45) is 22.9 Å². The Balaban J connectivity index is 1.41. The number of likely N-dealkylation sites (N-methyl/N-ethyl adjacent to an activating group) is 1. The highest BCUT2D eigenvalue weighted by Gasteiger charge is 2.53. The van der Waals surface area contributed by atoms with E-state index in [-0.39, 0.29) is 18.2 Å². The van der Waals surface area contributed by atoms with Crippen LogP contribution >= 0.6 is 0 Å². The zero-order chi connectivity index (χ0) is 24.7. The molecule has 3 aliphatic heterocycles. The second kappa shape index (κ2) is 10.8. The predicted molar refractivity (Wildman–Crippen MR) is 119 cm³/mol. The van der Waals surface area contributed by atoms with Crippen LogP contribution < -0.4 is 28.3 Å². The molecule has 8 unspecified atom stereocenters. The Morgan fingerprint density at radius 2 is 1.53 bits per heavy atom. The lowest BCUT2D eigenvalue weighted by Gasteiger charge is -2.51. The summed E-state index contributed by atoms with van der Waals surface area (Å²) in [5.41, 5.74) is 24.4. The fraction of sp³-hybridized carbons (Fsp3) is 1.00. The first kappa shape index (κ1) is 26.5. The van der Waals surface area contributed by atoms with Gasteiger partial charge in [-0.05, 0) is 39.7 Å². The van der Waals surface area contributed by atoms with Crippen molar-refractivity contribution >= 4 is 0 Å². The number of fused-ring (bicyclic) bond motifs is 1. The van der Waals surface area contributed by atoms with Gasteiger partial charge in [-0.1, -0.05) is 0 Å². The molecule has 1 aliphatic carbocycles. The molecule has 0 aromatic rings. The number of aliphatic hydroxyl groups excluding tert-OH is 3. The Kier molecular flexibility index (Phi) is 8.47. The molecule has 0 aromatic carbocycles. The van der Waals surface area contributed by atoms with Gasteiger partial charge in [0.2, 0.25) is 0 Å². The van der Waals surface area contributed by atoms with Crippen molar-refractivity contribution < 1.29 is 39.0 Å². The molecule has 0 aromatic heterocycles. The molecule has 34 heavy (non-hydrogen) atoms. The lowest BCUT2D eigenvalue weighted by Crippen LogP contribution is -2.69. The molecule has 0 amide bonds. The van der Waals surface area contributed by atoms with Crippen LogP contribution in [0, 0.1) is 0 Å². The van der Waals surface area contributed by atoms with E-state index in [4.69, 9.17) is 46.6 Å². The normalized spacial score (nSPS) is 54.4. The van der Waals surface area contributed by atoms with Crippen LogP contribution in [-0.2, 0) is 23.7 Å². The third-order valence-electron chi connectivity index (χ3n) is 7.52. The van der Waals surface area contributed by atoms with Crippen molar-refractivity contribution in [1.29, 1.82) is 0 Å². The van der Waals surface area contributed by atoms with Crippen molar-refractivity contribution in [1.82, 2.24) is 5.32 Å². The van der Waals surface area contributed by atoms with Gasteiger partial charge in [-0.25, -0.2) is 0 Å². The first-order chi connectivity index (χ1) is 16.1. The number of nitrogens with two attached hydrogens (primary N) is 4. The van der Waals surface area contributed by atoms with Gasteiger partial charge in [-0.15, -0.1) is 0 Å². The SMILES string of the molecule is CNC1C(O[C@H]2OC(C)[C@@H](N)[C@@H](O)C2O)O[C@H]2CC(N)[C@@H](O[C@H]3CC[C@H](N)CC3N)OC2C1O. The zero-order valence-corrected chi connectivity index (χ0v) is 19.7. The fourth-order valence-electron chi connectivity index (χ4n) is 5.32. The molecule has 4 rings (SSSR count). The van der Waals surface area contributed by atoms with Crippen LogP contribution in [0.3, 0.4) is 0 Å². The van der Waals surface area contributed by atoms with E-state index in [0.29, 0.717) is 12.8 Å². The summed E-state index contributed by atoms with van der Waals surface area (Å²) in [5, 5.41) is 34.7. The van der Waals surface area contributed by atoms with Crippen LogP contribution in [0.15, 0.2) is 0 Å². The Labute approximate surface area is 199 Å². The number of aliphatic hydroxyl groups is 3. The average Bonchev–Trinajstić information content (AvgIpc) is 2.79. The van der Waals surface area contributed by atoms with Crippen molar-refractivity contribution in [3.8, 4) is 0 Å². The molecular weight excluding hydrogens is 450 g/mol. The topological polar surface area (TPSA) is 223 Å². The Hall–Kier alpha value is -0.520. The van der Waals surface area contributed by atoms with Gasteiger partial charge in [0.1, 0.15) is 24.4 Å². The van der Waals surface area contributed by atoms with Crippen molar-refractivity contribution in [2.45, 2.75) is 124 Å². The van der Waals surface area contributed by atoms with Crippen molar-refractivity contribution in [3.63, 3.8) is 0 Å². The third kappa shape index (κ3) is 5.27. The minimum Gasteiger partial charge on any atom is -0.388 e. The summed E-state index contributed by atoms with van der Waals surface area (Å²) in [6, 6.07) is -2.13. The van der Waals surface area contributed by atoms with Gasteiger partial charge in [0, 0.05) is 12.1 Å². The van der Waals surface area contributed by atoms with E-state index in [1.807, 2.05) is 0 Å². The summed E-state index contributed by atoms with van der Waals surface area (Å²) >= 11 is 0. The third-order valence-corrected chi connectivity index (χ3v) is 7.52. The molecule has 0 radical (unpaired) electrons. The number of nitrogens with one attached hydrogen (secondary N) is 1. The number of hydrogen-bond donors (Lipinski definition) is 8. The van der Waals surface area contributed by atoms with Crippen molar-refractivity contribution in [3.05, 3.63) is 0 Å². The van der Waals surface area contributed by atoms with Crippen LogP contribution in [0.4, 0.5) is 0 Å². The first-order valence-corrected chi connectivity index (χ1v) is 12.1. The molecule has 198 valence electrons. The Morgan fingerprint density at radius 3 is 2.21 bits per heavy atom. The highest BCUT2D eigenvalue weighted by Crippen LogP contribution is 2.35. The monoisotopic (exact) mass is 491 g/mol. The summed E-state index contributed by atoms with van der Waals surface area (Å²) in [6.07, 6.45) is -6.13. The van der Waals surface area contributed by atoms with E-state index >= 15 is 0 Å². The quantitative estimate of drug-likeness (QED) is 0.185. The molecule has 13 heteroatoms. The first-order valence-electron chi connectivity index (χ1n) is 12.1. The highest BCUT2D eigenvalue weighted by molar-refractivity contribution is 5.00. The maximum atomic E-state index is 11.1. The second-order valence-corrected chi connectivity index (χ2v) is 10.0. The molecule has 4 aliphatic rings. The molecule has 0 spiro atoms. The molecule has 1 saturated carbocycles. The van der Waals surface area contributed by atoms with Gasteiger partial charge < -0.3 is 67.3 Å². The van der Waals surface area contributed by atoms with E-state index in [2.05, 4.69) is 5.32 Å². The summed E-state index contributed by atoms with van der Waals surface area (Å²) in [5.74, 6) is 0. The molecule has 0 bridgehead atoms. The van der Waals surface area contributed by atoms with E-state index in [9.17, 15) is 15.3 Å². The lowest BCUT2D eigenvalue weighted by molar-refractivity contribution is -0.369. The molecule has 15 atom stereocenters. The minimum atomic E-state index is -1.38. The maximum absolute atomic E-state index is 11.1. The molecule has 4 fully saturated rings. The van der Waals surface area contributed by atoms with E-state index in [1.165, 1.54) is 0 Å². The Bertz CT molecular complexity index is 679. The van der Waals surface area contributed by atoms with Crippen LogP contribution in [0.25, 0.3) is 0 Å². The van der Waals surface area contributed by atoms with Crippen LogP contribution in [0.5, 0.6) is 0 Å². The molecule has 3 saturated heterocycles. The zero-order valence-electron chi connectivity index (χ0n) is 19.7. The molecule has 12 N–H and O–H groups in total. The van der Waals surface area contributed by atoms with Gasteiger partial charge in [0.15, 0.2) is 18.9 Å². The van der Waals surface area contributed by atoms with Crippen molar-refractivity contribution in [2.75, 3.05) is 7.05 Å². The van der Waals surface area contributed by atoms with Crippen LogP contribution in [-0.4, -0.2) is 114 Å². The van der Waals surface area contributed by atoms with Gasteiger partial charge in [0.25, 0.3) is 0 Å². The fourth-order valence-corrected chi connectivity index (χ4v) is 5.32. The summed E-state index contributed by atoms with van der Waals surface area (Å²) in [6.45, 7) is 1.68. The average molecular weight is 492 g/mol. The largest absolute Gasteiger partial charge is 0.388 e. The highest BCUT2D eigenvalue weighted by atomic mass is 16.8. The van der Waals surface area contributed by atoms with Gasteiger partial charge >= 0.3 is 0 Å². The maximum Gasteiger partial charge on any atom is 0.189 e. The minimum absolute atomic E-state index is 0.0635. The van der Waals surface area contributed by atoms with E-state index in [0.717, 1.165) is 12.8 Å². The Morgan fingerprint density at radius 1 is 0.794 bits per heavy atom. The van der Waals surface area contributed by atoms with E-state index < -0.39 is 73.6 Å². The summed E-state index contributed by atoms with van der Waals surface area (Å²) in [7, 11) is 1.65. The molecule has 3 heterocycles. The molecule has 13 nitrogen and oxygen atoms in total. The van der Waals surface area contributed by atoms with Gasteiger partial charge in [-0.3, -0.25) is 0 Å². The van der Waals surface area contributed by atoms with Crippen LogP contribution in [0.2, 0.25) is 0 Å². The number of hydrogen-bond acceptors (Lipinski definition) is 13. The lowest BCUT2D eigenvalue weighted by atomic mass is 9.88. The van der Waals surface area contributed by atoms with Crippen LogP contribution in [0.1, 0.15) is 32.6 Å². The predicted octanol–water partition coefficient (Wildman–Crippen LogP) is -3.86. The summed E-state index contributed by atoms with van der Waals surface area (Å²) in [4.78, 5) is 0. The smallest absolute Gasteiger partial charge is 0.189 e. The van der Waals surface area contributed by atoms with E-state index in [1.54, 1.807) is 14.0 Å². The molecular formula is C21H41N5O8. The number of ether oxygens (including phenoxy) is 5.